The lowest BCUT2D eigenvalue weighted by Crippen LogP contribution is -2.48. The second kappa shape index (κ2) is 10.7. The average Bonchev–Trinajstić information content (AvgIpc) is 3.31. The average molecular weight is 571 g/mol. The van der Waals surface area contributed by atoms with E-state index in [1.54, 1.807) is 29.4 Å². The van der Waals surface area contributed by atoms with Gasteiger partial charge in [0.25, 0.3) is 5.91 Å². The summed E-state index contributed by atoms with van der Waals surface area (Å²) in [6, 6.07) is 13.5. The third kappa shape index (κ3) is 5.45. The van der Waals surface area contributed by atoms with Gasteiger partial charge in [-0.15, -0.1) is 0 Å². The molecule has 0 radical (unpaired) electrons. The van der Waals surface area contributed by atoms with Crippen molar-refractivity contribution in [2.45, 2.75) is 44.4 Å². The van der Waals surface area contributed by atoms with Crippen LogP contribution in [0.25, 0.3) is 10.2 Å². The third-order valence-electron chi connectivity index (χ3n) is 6.30. The first-order valence-electron chi connectivity index (χ1n) is 12.1. The first-order chi connectivity index (χ1) is 18.1. The van der Waals surface area contributed by atoms with Crippen LogP contribution < -0.4 is 4.90 Å². The first kappa shape index (κ1) is 26.7. The number of pyridine rings is 1. The standard InChI is InChI=1S/C27H27ClN4O4S2/c1-17-11-22(28)12-24-25(17)30-27(37-24)32(16-20-5-4-10-29-13-20)26(33)21-6-8-23(9-7-21)38(34,35)31-14-18(2)36-19(3)15-31/h4-13,18-19H,14-16H2,1-3H3. The van der Waals surface area contributed by atoms with Crippen LogP contribution in [-0.2, 0) is 21.3 Å². The van der Waals surface area contributed by atoms with Crippen molar-refractivity contribution >= 4 is 54.2 Å². The molecule has 2 aromatic carbocycles. The summed E-state index contributed by atoms with van der Waals surface area (Å²) < 4.78 is 34.5. The van der Waals surface area contributed by atoms with E-state index in [9.17, 15) is 13.2 Å². The summed E-state index contributed by atoms with van der Waals surface area (Å²) in [6.45, 7) is 6.46. The van der Waals surface area contributed by atoms with Crippen molar-refractivity contribution in [2.24, 2.45) is 0 Å². The lowest BCUT2D eigenvalue weighted by atomic mass is 10.2. The van der Waals surface area contributed by atoms with E-state index in [4.69, 9.17) is 21.3 Å². The van der Waals surface area contributed by atoms with Crippen LogP contribution in [0, 0.1) is 6.92 Å². The van der Waals surface area contributed by atoms with Crippen molar-refractivity contribution in [3.63, 3.8) is 0 Å². The van der Waals surface area contributed by atoms with Gasteiger partial charge in [0.1, 0.15) is 0 Å². The number of fused-ring (bicyclic) bond motifs is 1. The highest BCUT2D eigenvalue weighted by atomic mass is 35.5. The van der Waals surface area contributed by atoms with Crippen LogP contribution in [0.1, 0.15) is 35.3 Å². The molecular formula is C27H27ClN4O4S2. The number of rotatable bonds is 6. The molecule has 2 atom stereocenters. The Morgan fingerprint density at radius 1 is 1.16 bits per heavy atom. The molecule has 0 aliphatic carbocycles. The molecule has 1 aliphatic heterocycles. The Morgan fingerprint density at radius 2 is 1.87 bits per heavy atom. The second-order valence-corrected chi connectivity index (χ2v) is 12.8. The maximum atomic E-state index is 13.8. The van der Waals surface area contributed by atoms with Gasteiger partial charge < -0.3 is 4.74 Å². The topological polar surface area (TPSA) is 92.7 Å². The summed E-state index contributed by atoms with van der Waals surface area (Å²) in [5.74, 6) is -0.297. The molecule has 2 unspecified atom stereocenters. The Hall–Kier alpha value is -2.89. The molecule has 1 aliphatic rings. The molecule has 1 saturated heterocycles. The number of hydrogen-bond acceptors (Lipinski definition) is 7. The van der Waals surface area contributed by atoms with E-state index in [0.29, 0.717) is 15.7 Å². The number of halogens is 1. The number of nitrogens with zero attached hydrogens (tertiary/aromatic N) is 4. The summed E-state index contributed by atoms with van der Waals surface area (Å²) in [5, 5.41) is 1.13. The van der Waals surface area contributed by atoms with Gasteiger partial charge in [0, 0.05) is 36.1 Å². The van der Waals surface area contributed by atoms with E-state index in [0.717, 1.165) is 21.3 Å². The maximum absolute atomic E-state index is 13.8. The van der Waals surface area contributed by atoms with Crippen molar-refractivity contribution in [1.82, 2.24) is 14.3 Å². The summed E-state index contributed by atoms with van der Waals surface area (Å²) in [4.78, 5) is 24.5. The highest BCUT2D eigenvalue weighted by Gasteiger charge is 2.32. The highest BCUT2D eigenvalue weighted by Crippen LogP contribution is 2.34. The highest BCUT2D eigenvalue weighted by molar-refractivity contribution is 7.89. The fourth-order valence-corrected chi connectivity index (χ4v) is 7.57. The zero-order valence-electron chi connectivity index (χ0n) is 21.2. The molecule has 0 spiro atoms. The Morgan fingerprint density at radius 3 is 2.53 bits per heavy atom. The van der Waals surface area contributed by atoms with Crippen molar-refractivity contribution in [3.05, 3.63) is 82.6 Å². The SMILES string of the molecule is Cc1cc(Cl)cc2sc(N(Cc3cccnc3)C(=O)c3ccc(S(=O)(=O)N4CC(C)OC(C)C4)cc3)nc12. The van der Waals surface area contributed by atoms with Crippen LogP contribution >= 0.6 is 22.9 Å². The van der Waals surface area contributed by atoms with E-state index >= 15 is 0 Å². The fourth-order valence-electron chi connectivity index (χ4n) is 4.56. The number of sulfonamides is 1. The number of thiazole rings is 1. The lowest BCUT2D eigenvalue weighted by molar-refractivity contribution is -0.0440. The van der Waals surface area contributed by atoms with Gasteiger partial charge >= 0.3 is 0 Å². The van der Waals surface area contributed by atoms with Crippen LogP contribution in [0.15, 0.2) is 65.8 Å². The quantitative estimate of drug-likeness (QED) is 0.312. The molecular weight excluding hydrogens is 544 g/mol. The molecule has 0 N–H and O–H groups in total. The number of ether oxygens (including phenoxy) is 1. The maximum Gasteiger partial charge on any atom is 0.260 e. The minimum absolute atomic E-state index is 0.138. The Labute approximate surface area is 230 Å². The Balaban J connectivity index is 1.47. The predicted molar refractivity (Wildman–Crippen MR) is 149 cm³/mol. The molecule has 11 heteroatoms. The molecule has 1 amide bonds. The number of hydrogen-bond donors (Lipinski definition) is 0. The van der Waals surface area contributed by atoms with Gasteiger partial charge in [0.05, 0.1) is 33.9 Å². The summed E-state index contributed by atoms with van der Waals surface area (Å²) in [7, 11) is -3.72. The number of aryl methyl sites for hydroxylation is 1. The first-order valence-corrected chi connectivity index (χ1v) is 14.8. The summed E-state index contributed by atoms with van der Waals surface area (Å²) in [5.41, 5.74) is 2.90. The van der Waals surface area contributed by atoms with E-state index in [1.165, 1.54) is 27.8 Å². The van der Waals surface area contributed by atoms with Gasteiger partial charge in [-0.25, -0.2) is 13.4 Å². The van der Waals surface area contributed by atoms with E-state index in [1.807, 2.05) is 45.0 Å². The second-order valence-electron chi connectivity index (χ2n) is 9.42. The van der Waals surface area contributed by atoms with Crippen LogP contribution in [0.4, 0.5) is 5.13 Å². The van der Waals surface area contributed by atoms with Crippen molar-refractivity contribution < 1.29 is 17.9 Å². The van der Waals surface area contributed by atoms with Crippen LogP contribution in [0.2, 0.25) is 5.02 Å². The van der Waals surface area contributed by atoms with Gasteiger partial charge in [0.15, 0.2) is 5.13 Å². The number of carbonyl (C=O) groups excluding carboxylic acids is 1. The minimum Gasteiger partial charge on any atom is -0.373 e. The Bertz CT molecular complexity index is 1570. The number of anilines is 1. The summed E-state index contributed by atoms with van der Waals surface area (Å²) >= 11 is 7.63. The van der Waals surface area contributed by atoms with E-state index in [-0.39, 0.29) is 42.6 Å². The normalized spacial score (nSPS) is 18.5. The molecule has 5 rings (SSSR count). The van der Waals surface area contributed by atoms with Crippen molar-refractivity contribution in [1.29, 1.82) is 0 Å². The van der Waals surface area contributed by atoms with Crippen LogP contribution in [-0.4, -0.2) is 53.9 Å². The predicted octanol–water partition coefficient (Wildman–Crippen LogP) is 5.30. The van der Waals surface area contributed by atoms with Crippen LogP contribution in [0.5, 0.6) is 0 Å². The molecule has 0 bridgehead atoms. The molecule has 8 nitrogen and oxygen atoms in total. The number of carbonyl (C=O) groups is 1. The lowest BCUT2D eigenvalue weighted by Gasteiger charge is -2.34. The number of aromatic nitrogens is 2. The largest absolute Gasteiger partial charge is 0.373 e. The molecule has 2 aromatic heterocycles. The molecule has 4 aromatic rings. The molecule has 1 fully saturated rings. The van der Waals surface area contributed by atoms with E-state index in [2.05, 4.69) is 4.98 Å². The number of amides is 1. The Kier molecular flexibility index (Phi) is 7.52. The molecule has 0 saturated carbocycles. The smallest absolute Gasteiger partial charge is 0.260 e. The molecule has 198 valence electrons. The summed E-state index contributed by atoms with van der Waals surface area (Å²) in [6.07, 6.45) is 2.99. The van der Waals surface area contributed by atoms with Crippen LogP contribution in [0.3, 0.4) is 0 Å². The van der Waals surface area contributed by atoms with Gasteiger partial charge in [-0.05, 0) is 74.4 Å². The van der Waals surface area contributed by atoms with Gasteiger partial charge in [-0.2, -0.15) is 4.31 Å². The monoisotopic (exact) mass is 570 g/mol. The zero-order valence-corrected chi connectivity index (χ0v) is 23.6. The number of morpholine rings is 1. The van der Waals surface area contributed by atoms with E-state index < -0.39 is 10.0 Å². The third-order valence-corrected chi connectivity index (χ3v) is 9.39. The van der Waals surface area contributed by atoms with Crippen molar-refractivity contribution in [3.8, 4) is 0 Å². The molecule has 3 heterocycles. The minimum atomic E-state index is -3.72. The van der Waals surface area contributed by atoms with Gasteiger partial charge in [-0.3, -0.25) is 14.7 Å². The van der Waals surface area contributed by atoms with Gasteiger partial charge in [-0.1, -0.05) is 29.0 Å². The fraction of sp³-hybridized carbons (Fsp3) is 0.296. The molecule has 38 heavy (non-hydrogen) atoms. The number of benzene rings is 2. The van der Waals surface area contributed by atoms with Crippen molar-refractivity contribution in [2.75, 3.05) is 18.0 Å². The zero-order chi connectivity index (χ0) is 27.0. The van der Waals surface area contributed by atoms with Gasteiger partial charge in [0.2, 0.25) is 10.0 Å².